The van der Waals surface area contributed by atoms with E-state index in [1.54, 1.807) is 7.11 Å². The Kier molecular flexibility index (Phi) is 4.48. The monoisotopic (exact) mass is 290 g/mol. The molecule has 2 aliphatic rings. The minimum Gasteiger partial charge on any atom is -0.497 e. The smallest absolute Gasteiger partial charge is 0.118 e. The lowest BCUT2D eigenvalue weighted by Gasteiger charge is -2.39. The number of rotatable bonds is 4. The van der Waals surface area contributed by atoms with E-state index < -0.39 is 0 Å². The van der Waals surface area contributed by atoms with Crippen molar-refractivity contribution in [2.45, 2.75) is 31.8 Å². The summed E-state index contributed by atoms with van der Waals surface area (Å²) in [5.41, 5.74) is 1.62. The summed E-state index contributed by atoms with van der Waals surface area (Å²) >= 11 is 0. The van der Waals surface area contributed by atoms with Gasteiger partial charge in [0.25, 0.3) is 0 Å². The van der Waals surface area contributed by atoms with E-state index in [0.29, 0.717) is 17.5 Å². The number of benzene rings is 1. The zero-order valence-corrected chi connectivity index (χ0v) is 13.0. The SMILES string of the molecule is COc1ccc(C(C)N[C@@H]2COCC23CCNCC3)cc1. The summed E-state index contributed by atoms with van der Waals surface area (Å²) in [6.07, 6.45) is 2.42. The normalized spacial score (nSPS) is 25.9. The van der Waals surface area contributed by atoms with E-state index in [1.807, 2.05) is 12.1 Å². The van der Waals surface area contributed by atoms with Gasteiger partial charge in [-0.05, 0) is 50.6 Å². The Hall–Kier alpha value is -1.10. The van der Waals surface area contributed by atoms with Crippen LogP contribution in [0.1, 0.15) is 31.4 Å². The number of ether oxygens (including phenoxy) is 2. The first-order valence-corrected chi connectivity index (χ1v) is 7.92. The largest absolute Gasteiger partial charge is 0.497 e. The van der Waals surface area contributed by atoms with Gasteiger partial charge in [0.05, 0.1) is 20.3 Å². The fraction of sp³-hybridized carbons (Fsp3) is 0.647. The van der Waals surface area contributed by atoms with Crippen LogP contribution < -0.4 is 15.4 Å². The summed E-state index contributed by atoms with van der Waals surface area (Å²) in [7, 11) is 1.70. The van der Waals surface area contributed by atoms with Crippen molar-refractivity contribution in [3.8, 4) is 5.75 Å². The molecule has 0 bridgehead atoms. The van der Waals surface area contributed by atoms with Crippen LogP contribution in [-0.4, -0.2) is 39.5 Å². The van der Waals surface area contributed by atoms with Crippen molar-refractivity contribution in [2.75, 3.05) is 33.4 Å². The lowest BCUT2D eigenvalue weighted by molar-refractivity contribution is 0.122. The molecular weight excluding hydrogens is 264 g/mol. The molecule has 116 valence electrons. The second kappa shape index (κ2) is 6.34. The van der Waals surface area contributed by atoms with E-state index in [-0.39, 0.29) is 0 Å². The molecule has 0 radical (unpaired) electrons. The van der Waals surface area contributed by atoms with E-state index >= 15 is 0 Å². The zero-order chi connectivity index (χ0) is 14.7. The third-order valence-electron chi connectivity index (χ3n) is 5.08. The quantitative estimate of drug-likeness (QED) is 0.891. The predicted octanol–water partition coefficient (Wildman–Crippen LogP) is 2.11. The molecule has 2 N–H and O–H groups in total. The van der Waals surface area contributed by atoms with Crippen molar-refractivity contribution < 1.29 is 9.47 Å². The molecule has 2 atom stereocenters. The fourth-order valence-electron chi connectivity index (χ4n) is 3.59. The van der Waals surface area contributed by atoms with Gasteiger partial charge in [-0.15, -0.1) is 0 Å². The van der Waals surface area contributed by atoms with Crippen LogP contribution in [-0.2, 0) is 4.74 Å². The van der Waals surface area contributed by atoms with Crippen LogP contribution in [0.2, 0.25) is 0 Å². The van der Waals surface area contributed by atoms with Gasteiger partial charge < -0.3 is 20.1 Å². The van der Waals surface area contributed by atoms with Crippen LogP contribution in [0.25, 0.3) is 0 Å². The van der Waals surface area contributed by atoms with E-state index in [9.17, 15) is 0 Å². The highest BCUT2D eigenvalue weighted by Crippen LogP contribution is 2.38. The highest BCUT2D eigenvalue weighted by atomic mass is 16.5. The minimum absolute atomic E-state index is 0.325. The molecule has 4 heteroatoms. The maximum Gasteiger partial charge on any atom is 0.118 e. The minimum atomic E-state index is 0.325. The Labute approximate surface area is 127 Å². The summed E-state index contributed by atoms with van der Waals surface area (Å²) in [6.45, 7) is 6.19. The van der Waals surface area contributed by atoms with Gasteiger partial charge in [-0.2, -0.15) is 0 Å². The average molecular weight is 290 g/mol. The molecule has 21 heavy (non-hydrogen) atoms. The van der Waals surface area contributed by atoms with Crippen LogP contribution >= 0.6 is 0 Å². The van der Waals surface area contributed by atoms with Gasteiger partial charge in [-0.25, -0.2) is 0 Å². The molecule has 0 amide bonds. The van der Waals surface area contributed by atoms with Gasteiger partial charge >= 0.3 is 0 Å². The van der Waals surface area contributed by atoms with Gasteiger partial charge in [-0.1, -0.05) is 12.1 Å². The molecule has 4 nitrogen and oxygen atoms in total. The molecule has 2 fully saturated rings. The van der Waals surface area contributed by atoms with Gasteiger partial charge in [0.15, 0.2) is 0 Å². The highest BCUT2D eigenvalue weighted by Gasteiger charge is 2.44. The van der Waals surface area contributed by atoms with Crippen LogP contribution in [0.3, 0.4) is 0 Å². The lowest BCUT2D eigenvalue weighted by atomic mass is 9.75. The summed E-state index contributed by atoms with van der Waals surface area (Å²) in [5, 5.41) is 7.26. The van der Waals surface area contributed by atoms with Crippen molar-refractivity contribution >= 4 is 0 Å². The van der Waals surface area contributed by atoms with Crippen molar-refractivity contribution in [1.82, 2.24) is 10.6 Å². The topological polar surface area (TPSA) is 42.5 Å². The molecule has 3 rings (SSSR count). The first-order valence-electron chi connectivity index (χ1n) is 7.92. The molecule has 1 spiro atoms. The van der Waals surface area contributed by atoms with Crippen LogP contribution in [0, 0.1) is 5.41 Å². The highest BCUT2D eigenvalue weighted by molar-refractivity contribution is 5.29. The Morgan fingerprint density at radius 3 is 2.67 bits per heavy atom. The van der Waals surface area contributed by atoms with Gasteiger partial charge in [0.1, 0.15) is 5.75 Å². The Bertz CT molecular complexity index is 454. The number of hydrogen-bond donors (Lipinski definition) is 2. The summed E-state index contributed by atoms with van der Waals surface area (Å²) in [5.74, 6) is 0.907. The third kappa shape index (κ3) is 3.07. The van der Waals surface area contributed by atoms with E-state index in [2.05, 4.69) is 29.7 Å². The van der Waals surface area contributed by atoms with Crippen LogP contribution in [0.15, 0.2) is 24.3 Å². The number of nitrogens with one attached hydrogen (secondary N) is 2. The Morgan fingerprint density at radius 2 is 2.00 bits per heavy atom. The molecule has 2 saturated heterocycles. The third-order valence-corrected chi connectivity index (χ3v) is 5.08. The van der Waals surface area contributed by atoms with Gasteiger partial charge in [0.2, 0.25) is 0 Å². The van der Waals surface area contributed by atoms with Crippen molar-refractivity contribution in [3.05, 3.63) is 29.8 Å². The van der Waals surface area contributed by atoms with E-state index in [4.69, 9.17) is 9.47 Å². The Balaban J connectivity index is 1.66. The number of hydrogen-bond acceptors (Lipinski definition) is 4. The van der Waals surface area contributed by atoms with Crippen molar-refractivity contribution in [3.63, 3.8) is 0 Å². The second-order valence-electron chi connectivity index (χ2n) is 6.34. The average Bonchev–Trinajstić information content (AvgIpc) is 2.90. The standard InChI is InChI=1S/C17H26N2O2/c1-13(14-3-5-15(20-2)6-4-14)19-16-11-21-12-17(16)7-9-18-10-8-17/h3-6,13,16,18-19H,7-12H2,1-2H3/t13?,16-/m1/s1. The zero-order valence-electron chi connectivity index (χ0n) is 13.0. The van der Waals surface area contributed by atoms with E-state index in [0.717, 1.165) is 32.1 Å². The van der Waals surface area contributed by atoms with Gasteiger partial charge in [0, 0.05) is 17.5 Å². The maximum absolute atomic E-state index is 5.81. The number of piperidine rings is 1. The first-order chi connectivity index (χ1) is 10.2. The predicted molar refractivity (Wildman–Crippen MR) is 83.7 cm³/mol. The van der Waals surface area contributed by atoms with Crippen molar-refractivity contribution in [2.24, 2.45) is 5.41 Å². The van der Waals surface area contributed by atoms with Crippen molar-refractivity contribution in [1.29, 1.82) is 0 Å². The lowest BCUT2D eigenvalue weighted by Crippen LogP contribution is -2.50. The molecule has 1 aromatic rings. The van der Waals surface area contributed by atoms with Crippen LogP contribution in [0.4, 0.5) is 0 Å². The summed E-state index contributed by atoms with van der Waals surface area (Å²) in [6, 6.07) is 9.12. The van der Waals surface area contributed by atoms with Crippen LogP contribution in [0.5, 0.6) is 5.75 Å². The fourth-order valence-corrected chi connectivity index (χ4v) is 3.59. The number of methoxy groups -OCH3 is 1. The molecule has 1 aromatic carbocycles. The molecule has 0 aliphatic carbocycles. The maximum atomic E-state index is 5.81. The molecule has 1 unspecified atom stereocenters. The first kappa shape index (κ1) is 14.8. The molecule has 2 aliphatic heterocycles. The molecular formula is C17H26N2O2. The van der Waals surface area contributed by atoms with Gasteiger partial charge in [-0.3, -0.25) is 0 Å². The van der Waals surface area contributed by atoms with E-state index in [1.165, 1.54) is 18.4 Å². The molecule has 0 saturated carbocycles. The summed E-state index contributed by atoms with van der Waals surface area (Å²) < 4.78 is 11.0. The second-order valence-corrected chi connectivity index (χ2v) is 6.34. The molecule has 2 heterocycles. The Morgan fingerprint density at radius 1 is 1.29 bits per heavy atom. The summed E-state index contributed by atoms with van der Waals surface area (Å²) in [4.78, 5) is 0. The molecule has 0 aromatic heterocycles.